The lowest BCUT2D eigenvalue weighted by atomic mass is 9.90. The van der Waals surface area contributed by atoms with E-state index in [-0.39, 0.29) is 0 Å². The number of aliphatic carboxylic acids is 1. The molecule has 1 saturated heterocycles. The number of likely N-dealkylation sites (N-methyl/N-ethyl adjacent to an activating group) is 1. The largest absolute Gasteiger partial charge is 0.480 e. The van der Waals surface area contributed by atoms with Crippen LogP contribution in [0.3, 0.4) is 0 Å². The number of carbonyl (C=O) groups excluding carboxylic acids is 1. The van der Waals surface area contributed by atoms with Crippen LogP contribution in [0.25, 0.3) is 0 Å². The Labute approximate surface area is 82.8 Å². The number of halogens is 3. The Morgan fingerprint density at radius 2 is 1.87 bits per heavy atom. The van der Waals surface area contributed by atoms with Gasteiger partial charge in [-0.15, -0.1) is 0 Å². The van der Waals surface area contributed by atoms with Crippen LogP contribution in [0.15, 0.2) is 0 Å². The molecule has 1 heterocycles. The molecule has 0 spiro atoms. The fourth-order valence-corrected chi connectivity index (χ4v) is 1.33. The topological polar surface area (TPSA) is 69.6 Å². The van der Waals surface area contributed by atoms with Crippen molar-refractivity contribution in [1.29, 1.82) is 0 Å². The van der Waals surface area contributed by atoms with E-state index < -0.39 is 36.7 Å². The zero-order valence-electron chi connectivity index (χ0n) is 7.76. The predicted molar refractivity (Wildman–Crippen MR) is 42.1 cm³/mol. The monoisotopic (exact) mass is 226 g/mol. The number of alkyl halides is 3. The van der Waals surface area contributed by atoms with Gasteiger partial charge < -0.3 is 15.3 Å². The number of hydrogen-bond acceptors (Lipinski definition) is 3. The van der Waals surface area contributed by atoms with Gasteiger partial charge in [-0.1, -0.05) is 0 Å². The molecule has 86 valence electrons. The molecule has 1 rings (SSSR count). The van der Waals surface area contributed by atoms with Crippen molar-refractivity contribution in [3.63, 3.8) is 0 Å². The van der Waals surface area contributed by atoms with Gasteiger partial charge in [0.25, 0.3) is 0 Å². The highest BCUT2D eigenvalue weighted by Gasteiger charge is 2.55. The summed E-state index contributed by atoms with van der Waals surface area (Å²) in [6.45, 7) is -0.950. The molecule has 0 aromatic carbocycles. The standard InChI is InChI=1S/C7H9F3N2O3/c1-11-6(5(14)15)2-12(3-6)4(13)7(8,9)10/h11H,2-3H2,1H3,(H,14,15). The van der Waals surface area contributed by atoms with Crippen molar-refractivity contribution in [2.45, 2.75) is 11.7 Å². The summed E-state index contributed by atoms with van der Waals surface area (Å²) in [4.78, 5) is 21.8. The SMILES string of the molecule is CNC1(C(=O)O)CN(C(=O)C(F)(F)F)C1. The van der Waals surface area contributed by atoms with Gasteiger partial charge in [0.2, 0.25) is 0 Å². The van der Waals surface area contributed by atoms with Crippen molar-refractivity contribution in [2.75, 3.05) is 20.1 Å². The summed E-state index contributed by atoms with van der Waals surface area (Å²) in [7, 11) is 1.32. The maximum atomic E-state index is 11.9. The first-order chi connectivity index (χ1) is 6.73. The zero-order chi connectivity index (χ0) is 11.9. The molecule has 0 aliphatic carbocycles. The van der Waals surface area contributed by atoms with Crippen LogP contribution in [-0.2, 0) is 9.59 Å². The lowest BCUT2D eigenvalue weighted by Crippen LogP contribution is -2.74. The lowest BCUT2D eigenvalue weighted by Gasteiger charge is -2.46. The fraction of sp³-hybridized carbons (Fsp3) is 0.714. The molecule has 0 radical (unpaired) electrons. The molecule has 2 N–H and O–H groups in total. The Morgan fingerprint density at radius 3 is 2.13 bits per heavy atom. The molecule has 8 heteroatoms. The molecule has 15 heavy (non-hydrogen) atoms. The molecule has 1 aliphatic rings. The van der Waals surface area contributed by atoms with Gasteiger partial charge in [0.05, 0.1) is 13.1 Å². The number of likely N-dealkylation sites (tertiary alicyclic amines) is 1. The van der Waals surface area contributed by atoms with Crippen molar-refractivity contribution in [1.82, 2.24) is 10.2 Å². The maximum absolute atomic E-state index is 11.9. The Hall–Kier alpha value is -1.31. The van der Waals surface area contributed by atoms with E-state index in [0.717, 1.165) is 0 Å². The molecule has 1 fully saturated rings. The van der Waals surface area contributed by atoms with Crippen LogP contribution >= 0.6 is 0 Å². The molecule has 5 nitrogen and oxygen atoms in total. The van der Waals surface area contributed by atoms with Gasteiger partial charge in [-0.05, 0) is 7.05 Å². The summed E-state index contributed by atoms with van der Waals surface area (Å²) >= 11 is 0. The number of nitrogens with one attached hydrogen (secondary N) is 1. The molecule has 0 bridgehead atoms. The van der Waals surface area contributed by atoms with Gasteiger partial charge in [-0.3, -0.25) is 9.59 Å². The maximum Gasteiger partial charge on any atom is 0.471 e. The summed E-state index contributed by atoms with van der Waals surface area (Å²) in [6, 6.07) is 0. The van der Waals surface area contributed by atoms with E-state index in [4.69, 9.17) is 5.11 Å². The van der Waals surface area contributed by atoms with E-state index >= 15 is 0 Å². The second-order valence-electron chi connectivity index (χ2n) is 3.30. The van der Waals surface area contributed by atoms with E-state index in [1.54, 1.807) is 0 Å². The highest BCUT2D eigenvalue weighted by atomic mass is 19.4. The van der Waals surface area contributed by atoms with E-state index in [1.165, 1.54) is 7.05 Å². The second kappa shape index (κ2) is 3.37. The Kier molecular flexibility index (Phi) is 2.64. The molecule has 0 aromatic rings. The third-order valence-corrected chi connectivity index (χ3v) is 2.34. The van der Waals surface area contributed by atoms with Gasteiger partial charge in [-0.2, -0.15) is 13.2 Å². The molecule has 0 unspecified atom stereocenters. The van der Waals surface area contributed by atoms with Crippen molar-refractivity contribution < 1.29 is 27.9 Å². The molecule has 1 amide bonds. The molecule has 0 aromatic heterocycles. The summed E-state index contributed by atoms with van der Waals surface area (Å²) < 4.78 is 35.8. The smallest absolute Gasteiger partial charge is 0.471 e. The number of hydrogen-bond donors (Lipinski definition) is 2. The van der Waals surface area contributed by atoms with Gasteiger partial charge in [-0.25, -0.2) is 0 Å². The van der Waals surface area contributed by atoms with Crippen LogP contribution in [0.2, 0.25) is 0 Å². The van der Waals surface area contributed by atoms with Crippen LogP contribution in [0.5, 0.6) is 0 Å². The van der Waals surface area contributed by atoms with Crippen LogP contribution < -0.4 is 5.32 Å². The molecular weight excluding hydrogens is 217 g/mol. The zero-order valence-corrected chi connectivity index (χ0v) is 7.76. The van der Waals surface area contributed by atoms with E-state index in [1.807, 2.05) is 0 Å². The van der Waals surface area contributed by atoms with Crippen molar-refractivity contribution in [3.8, 4) is 0 Å². The normalized spacial score (nSPS) is 19.6. The molecular formula is C7H9F3N2O3. The third-order valence-electron chi connectivity index (χ3n) is 2.34. The summed E-state index contributed by atoms with van der Waals surface area (Å²) in [5.74, 6) is -3.27. The number of carboxylic acids is 1. The summed E-state index contributed by atoms with van der Waals surface area (Å²) in [5.41, 5.74) is -1.44. The van der Waals surface area contributed by atoms with Crippen LogP contribution in [-0.4, -0.2) is 53.7 Å². The average molecular weight is 226 g/mol. The van der Waals surface area contributed by atoms with Crippen LogP contribution in [0.4, 0.5) is 13.2 Å². The highest BCUT2D eigenvalue weighted by molar-refractivity contribution is 5.88. The van der Waals surface area contributed by atoms with Crippen molar-refractivity contribution in [3.05, 3.63) is 0 Å². The molecule has 0 saturated carbocycles. The number of carbonyl (C=O) groups is 2. The highest BCUT2D eigenvalue weighted by Crippen LogP contribution is 2.27. The number of rotatable bonds is 2. The first-order valence-electron chi connectivity index (χ1n) is 4.01. The number of carboxylic acid groups (broad SMARTS) is 1. The van der Waals surface area contributed by atoms with Gasteiger partial charge in [0.15, 0.2) is 5.54 Å². The van der Waals surface area contributed by atoms with Crippen LogP contribution in [0, 0.1) is 0 Å². The summed E-state index contributed by atoms with van der Waals surface area (Å²) in [6.07, 6.45) is -4.95. The average Bonchev–Trinajstić information content (AvgIpc) is 2.00. The van der Waals surface area contributed by atoms with Gasteiger partial charge >= 0.3 is 18.1 Å². The Balaban J connectivity index is 2.64. The minimum Gasteiger partial charge on any atom is -0.480 e. The fourth-order valence-electron chi connectivity index (χ4n) is 1.33. The first kappa shape index (κ1) is 11.8. The molecule has 0 atom stereocenters. The van der Waals surface area contributed by atoms with Crippen molar-refractivity contribution >= 4 is 11.9 Å². The van der Waals surface area contributed by atoms with Crippen molar-refractivity contribution in [2.24, 2.45) is 0 Å². The summed E-state index contributed by atoms with van der Waals surface area (Å²) in [5, 5.41) is 11.1. The van der Waals surface area contributed by atoms with E-state index in [9.17, 15) is 22.8 Å². The molecule has 1 aliphatic heterocycles. The van der Waals surface area contributed by atoms with Gasteiger partial charge in [0.1, 0.15) is 0 Å². The number of nitrogens with zero attached hydrogens (tertiary/aromatic N) is 1. The number of amides is 1. The van der Waals surface area contributed by atoms with E-state index in [2.05, 4.69) is 5.32 Å². The minimum absolute atomic E-state index is 0.449. The Morgan fingerprint density at radius 1 is 1.40 bits per heavy atom. The lowest BCUT2D eigenvalue weighted by molar-refractivity contribution is -0.195. The van der Waals surface area contributed by atoms with Gasteiger partial charge in [0, 0.05) is 0 Å². The van der Waals surface area contributed by atoms with E-state index in [0.29, 0.717) is 4.90 Å². The third kappa shape index (κ3) is 1.89. The predicted octanol–water partition coefficient (Wildman–Crippen LogP) is -0.566. The second-order valence-corrected chi connectivity index (χ2v) is 3.30. The quantitative estimate of drug-likeness (QED) is 0.661. The first-order valence-corrected chi connectivity index (χ1v) is 4.01. The Bertz CT molecular complexity index is 296. The van der Waals surface area contributed by atoms with Crippen LogP contribution in [0.1, 0.15) is 0 Å². The minimum atomic E-state index is -4.95.